The minimum Gasteiger partial charge on any atom is -0.377 e. The van der Waals surface area contributed by atoms with Crippen molar-refractivity contribution < 1.29 is 4.74 Å². The van der Waals surface area contributed by atoms with Crippen LogP contribution in [0.1, 0.15) is 72.6 Å². The zero-order valence-electron chi connectivity index (χ0n) is 13.4. The molecule has 0 bridgehead atoms. The highest BCUT2D eigenvalue weighted by Gasteiger charge is 2.55. The minimum atomic E-state index is 0.393. The van der Waals surface area contributed by atoms with Crippen molar-refractivity contribution in [3.05, 3.63) is 0 Å². The molecule has 2 rings (SSSR count). The van der Waals surface area contributed by atoms with Crippen LogP contribution in [-0.4, -0.2) is 25.3 Å². The molecule has 0 amide bonds. The molecule has 0 saturated heterocycles. The Hall–Kier alpha value is -0.0800. The molecule has 1 N–H and O–H groups in total. The third-order valence-electron chi connectivity index (χ3n) is 5.19. The van der Waals surface area contributed by atoms with E-state index in [1.807, 2.05) is 0 Å². The third kappa shape index (κ3) is 3.52. The molecule has 0 aromatic heterocycles. The highest BCUT2D eigenvalue weighted by Crippen LogP contribution is 2.53. The highest BCUT2D eigenvalue weighted by atomic mass is 16.5. The van der Waals surface area contributed by atoms with E-state index in [-0.39, 0.29) is 0 Å². The van der Waals surface area contributed by atoms with Crippen LogP contribution in [0.2, 0.25) is 0 Å². The van der Waals surface area contributed by atoms with Crippen molar-refractivity contribution in [2.45, 2.75) is 84.8 Å². The van der Waals surface area contributed by atoms with Crippen LogP contribution in [-0.2, 0) is 4.74 Å². The van der Waals surface area contributed by atoms with Gasteiger partial charge in [-0.15, -0.1) is 0 Å². The van der Waals surface area contributed by atoms with Crippen LogP contribution < -0.4 is 5.32 Å². The Morgan fingerprint density at radius 2 is 1.84 bits per heavy atom. The Labute approximate surface area is 119 Å². The van der Waals surface area contributed by atoms with Crippen molar-refractivity contribution in [1.29, 1.82) is 0 Å². The van der Waals surface area contributed by atoms with Gasteiger partial charge in [0.2, 0.25) is 0 Å². The topological polar surface area (TPSA) is 21.3 Å². The first-order chi connectivity index (χ1) is 8.98. The largest absolute Gasteiger partial charge is 0.377 e. The molecule has 0 aliphatic heterocycles. The third-order valence-corrected chi connectivity index (χ3v) is 5.19. The van der Waals surface area contributed by atoms with Gasteiger partial charge in [-0.05, 0) is 37.6 Å². The smallest absolute Gasteiger partial charge is 0.0661 e. The summed E-state index contributed by atoms with van der Waals surface area (Å²) in [5, 5.41) is 3.70. The van der Waals surface area contributed by atoms with Gasteiger partial charge in [0, 0.05) is 18.1 Å². The molecule has 0 radical (unpaired) electrons. The lowest BCUT2D eigenvalue weighted by atomic mass is 9.55. The lowest BCUT2D eigenvalue weighted by Gasteiger charge is -2.58. The van der Waals surface area contributed by atoms with Gasteiger partial charge in [-0.25, -0.2) is 0 Å². The standard InChI is InChI=1S/C17H33NO/c1-5-18-14-13-15(19-12-11-16(2,3)4)17(14)9-7-6-8-10-17/h14-15,18H,5-13H2,1-4H3. The summed E-state index contributed by atoms with van der Waals surface area (Å²) in [6.07, 6.45) is 9.93. The van der Waals surface area contributed by atoms with Gasteiger partial charge in [0.15, 0.2) is 0 Å². The van der Waals surface area contributed by atoms with E-state index in [1.165, 1.54) is 44.9 Å². The first-order valence-corrected chi connectivity index (χ1v) is 8.33. The van der Waals surface area contributed by atoms with E-state index in [9.17, 15) is 0 Å². The zero-order chi connectivity index (χ0) is 13.9. The van der Waals surface area contributed by atoms with Crippen molar-refractivity contribution in [2.24, 2.45) is 10.8 Å². The molecule has 1 spiro atoms. The van der Waals surface area contributed by atoms with Crippen LogP contribution in [0.25, 0.3) is 0 Å². The molecule has 2 nitrogen and oxygen atoms in total. The number of hydrogen-bond acceptors (Lipinski definition) is 2. The predicted molar refractivity (Wildman–Crippen MR) is 81.4 cm³/mol. The molecule has 0 heterocycles. The van der Waals surface area contributed by atoms with Crippen LogP contribution in [0, 0.1) is 10.8 Å². The molecule has 2 aliphatic carbocycles. The summed E-state index contributed by atoms with van der Waals surface area (Å²) in [4.78, 5) is 0. The Balaban J connectivity index is 1.86. The SMILES string of the molecule is CCNC1CC(OCCC(C)(C)C)C12CCCCC2. The van der Waals surface area contributed by atoms with Crippen LogP contribution in [0.4, 0.5) is 0 Å². The molecule has 2 atom stereocenters. The molecule has 2 fully saturated rings. The van der Waals surface area contributed by atoms with Crippen molar-refractivity contribution >= 4 is 0 Å². The summed E-state index contributed by atoms with van der Waals surface area (Å²) < 4.78 is 6.28. The Bertz CT molecular complexity index is 275. The van der Waals surface area contributed by atoms with Gasteiger partial charge < -0.3 is 10.1 Å². The fraction of sp³-hybridized carbons (Fsp3) is 1.00. The quantitative estimate of drug-likeness (QED) is 0.808. The summed E-state index contributed by atoms with van der Waals surface area (Å²) in [6.45, 7) is 11.2. The first kappa shape index (κ1) is 15.3. The van der Waals surface area contributed by atoms with Crippen LogP contribution in [0.5, 0.6) is 0 Å². The lowest BCUT2D eigenvalue weighted by Crippen LogP contribution is -2.64. The summed E-state index contributed by atoms with van der Waals surface area (Å²) >= 11 is 0. The van der Waals surface area contributed by atoms with Crippen molar-refractivity contribution in [2.75, 3.05) is 13.2 Å². The zero-order valence-corrected chi connectivity index (χ0v) is 13.4. The van der Waals surface area contributed by atoms with Crippen LogP contribution >= 0.6 is 0 Å². The van der Waals surface area contributed by atoms with E-state index < -0.39 is 0 Å². The molecule has 2 saturated carbocycles. The fourth-order valence-electron chi connectivity index (χ4n) is 3.90. The van der Waals surface area contributed by atoms with Crippen LogP contribution in [0.3, 0.4) is 0 Å². The molecule has 0 aromatic carbocycles. The Morgan fingerprint density at radius 1 is 1.16 bits per heavy atom. The Morgan fingerprint density at radius 3 is 2.42 bits per heavy atom. The molecule has 112 valence electrons. The molecular formula is C17H33NO. The Kier molecular flexibility index (Phi) is 4.94. The van der Waals surface area contributed by atoms with Gasteiger partial charge in [-0.3, -0.25) is 0 Å². The number of hydrogen-bond donors (Lipinski definition) is 1. The molecular weight excluding hydrogens is 234 g/mol. The lowest BCUT2D eigenvalue weighted by molar-refractivity contribution is -0.155. The highest BCUT2D eigenvalue weighted by molar-refractivity contribution is 5.08. The van der Waals surface area contributed by atoms with Gasteiger partial charge in [-0.1, -0.05) is 47.0 Å². The van der Waals surface area contributed by atoms with E-state index in [1.54, 1.807) is 0 Å². The van der Waals surface area contributed by atoms with Gasteiger partial charge in [0.25, 0.3) is 0 Å². The molecule has 2 aliphatic rings. The number of rotatable bonds is 5. The maximum atomic E-state index is 6.28. The van der Waals surface area contributed by atoms with E-state index >= 15 is 0 Å². The second-order valence-corrected chi connectivity index (χ2v) is 7.81. The van der Waals surface area contributed by atoms with E-state index in [0.717, 1.165) is 19.2 Å². The molecule has 19 heavy (non-hydrogen) atoms. The molecule has 2 heteroatoms. The second kappa shape index (κ2) is 6.13. The number of nitrogens with one attached hydrogen (secondary N) is 1. The van der Waals surface area contributed by atoms with Crippen molar-refractivity contribution in [1.82, 2.24) is 5.32 Å². The van der Waals surface area contributed by atoms with Gasteiger partial charge in [0.05, 0.1) is 6.10 Å². The van der Waals surface area contributed by atoms with Gasteiger partial charge in [0.1, 0.15) is 0 Å². The average molecular weight is 267 g/mol. The average Bonchev–Trinajstić information content (AvgIpc) is 2.36. The van der Waals surface area contributed by atoms with E-state index in [2.05, 4.69) is 33.0 Å². The summed E-state index contributed by atoms with van der Waals surface area (Å²) in [6, 6.07) is 0.720. The minimum absolute atomic E-state index is 0.393. The van der Waals surface area contributed by atoms with Gasteiger partial charge in [-0.2, -0.15) is 0 Å². The van der Waals surface area contributed by atoms with Crippen molar-refractivity contribution in [3.63, 3.8) is 0 Å². The summed E-state index contributed by atoms with van der Waals surface area (Å²) in [5.74, 6) is 0. The number of ether oxygens (including phenoxy) is 1. The predicted octanol–water partition coefficient (Wildman–Crippen LogP) is 4.14. The second-order valence-electron chi connectivity index (χ2n) is 7.81. The maximum Gasteiger partial charge on any atom is 0.0661 e. The van der Waals surface area contributed by atoms with E-state index in [0.29, 0.717) is 16.9 Å². The monoisotopic (exact) mass is 267 g/mol. The normalized spacial score (nSPS) is 30.3. The summed E-state index contributed by atoms with van der Waals surface area (Å²) in [7, 11) is 0. The summed E-state index contributed by atoms with van der Waals surface area (Å²) in [5.41, 5.74) is 0.872. The van der Waals surface area contributed by atoms with Gasteiger partial charge >= 0.3 is 0 Å². The fourth-order valence-corrected chi connectivity index (χ4v) is 3.90. The van der Waals surface area contributed by atoms with Crippen LogP contribution in [0.15, 0.2) is 0 Å². The molecule has 2 unspecified atom stereocenters. The van der Waals surface area contributed by atoms with Crippen molar-refractivity contribution in [3.8, 4) is 0 Å². The first-order valence-electron chi connectivity index (χ1n) is 8.33. The molecule has 0 aromatic rings. The van der Waals surface area contributed by atoms with E-state index in [4.69, 9.17) is 4.74 Å². The maximum absolute atomic E-state index is 6.28.